The lowest BCUT2D eigenvalue weighted by molar-refractivity contribution is -0.179. The Morgan fingerprint density at radius 2 is 1.68 bits per heavy atom. The van der Waals surface area contributed by atoms with Gasteiger partial charge in [0, 0.05) is 6.42 Å². The van der Waals surface area contributed by atoms with Gasteiger partial charge in [0.15, 0.2) is 0 Å². The molecule has 2 unspecified atom stereocenters. The lowest BCUT2D eigenvalue weighted by atomic mass is 10.1. The highest BCUT2D eigenvalue weighted by atomic mass is 31.2. The number of rotatable bonds is 10. The Hall–Kier alpha value is -1.48. The monoisotopic (exact) mass is 383 g/mol. The molecular formula is C14H26NO9P. The van der Waals surface area contributed by atoms with Crippen molar-refractivity contribution in [2.45, 2.75) is 52.9 Å². The first kappa shape index (κ1) is 23.5. The molecule has 0 aliphatic heterocycles. The Balaban J connectivity index is 4.93. The van der Waals surface area contributed by atoms with Crippen LogP contribution in [0.4, 0.5) is 4.79 Å². The fourth-order valence-corrected chi connectivity index (χ4v) is 1.72. The van der Waals surface area contributed by atoms with E-state index in [-0.39, 0.29) is 18.9 Å². The lowest BCUT2D eigenvalue weighted by Crippen LogP contribution is -2.39. The van der Waals surface area contributed by atoms with Crippen LogP contribution in [-0.2, 0) is 28.4 Å². The summed E-state index contributed by atoms with van der Waals surface area (Å²) >= 11 is 0. The van der Waals surface area contributed by atoms with E-state index in [2.05, 4.69) is 4.74 Å². The first-order chi connectivity index (χ1) is 11.4. The molecule has 3 atom stereocenters. The van der Waals surface area contributed by atoms with Gasteiger partial charge in [-0.2, -0.15) is 0 Å². The van der Waals surface area contributed by atoms with E-state index in [1.165, 1.54) is 6.92 Å². The molecule has 0 rings (SSSR count). The molecule has 10 nitrogen and oxygen atoms in total. The SMILES string of the molecule is CCCC(=O)OC(OC(=O)P(=O)(O)O)C(C)COC(=O)[C@@H](N)C(C)C. The number of carbonyl (C=O) groups excluding carboxylic acids is 3. The zero-order valence-electron chi connectivity index (χ0n) is 14.7. The molecule has 0 aromatic rings. The van der Waals surface area contributed by atoms with Gasteiger partial charge in [-0.1, -0.05) is 27.7 Å². The van der Waals surface area contributed by atoms with Gasteiger partial charge in [-0.3, -0.25) is 9.59 Å². The minimum atomic E-state index is -5.16. The van der Waals surface area contributed by atoms with Crippen molar-refractivity contribution in [1.29, 1.82) is 0 Å². The Labute approximate surface area is 146 Å². The first-order valence-corrected chi connectivity index (χ1v) is 9.39. The van der Waals surface area contributed by atoms with Crippen molar-refractivity contribution in [3.8, 4) is 0 Å². The van der Waals surface area contributed by atoms with Crippen LogP contribution in [0.5, 0.6) is 0 Å². The van der Waals surface area contributed by atoms with Crippen LogP contribution >= 0.6 is 7.60 Å². The molecule has 0 aromatic carbocycles. The van der Waals surface area contributed by atoms with Crippen molar-refractivity contribution in [1.82, 2.24) is 0 Å². The predicted molar refractivity (Wildman–Crippen MR) is 86.2 cm³/mol. The molecule has 0 heterocycles. The summed E-state index contributed by atoms with van der Waals surface area (Å²) in [6.45, 7) is 6.28. The molecule has 0 aromatic heterocycles. The van der Waals surface area contributed by atoms with Crippen molar-refractivity contribution >= 4 is 25.2 Å². The molecule has 0 saturated carbocycles. The van der Waals surface area contributed by atoms with Gasteiger partial charge >= 0.3 is 25.2 Å². The summed E-state index contributed by atoms with van der Waals surface area (Å²) in [5.41, 5.74) is 3.80. The Bertz CT molecular complexity index is 516. The Kier molecular flexibility index (Phi) is 9.88. The number of nitrogens with two attached hydrogens (primary N) is 1. The molecule has 0 fully saturated rings. The van der Waals surface area contributed by atoms with Crippen LogP contribution in [0.1, 0.15) is 40.5 Å². The number of carbonyl (C=O) groups is 3. The summed E-state index contributed by atoms with van der Waals surface area (Å²) in [5.74, 6) is -2.43. The predicted octanol–water partition coefficient (Wildman–Crippen LogP) is 1.13. The molecule has 0 aliphatic carbocycles. The summed E-state index contributed by atoms with van der Waals surface area (Å²) in [5, 5.41) is 0. The fraction of sp³-hybridized carbons (Fsp3) is 0.786. The third-order valence-electron chi connectivity index (χ3n) is 3.10. The molecule has 0 spiro atoms. The van der Waals surface area contributed by atoms with Crippen molar-refractivity contribution in [2.24, 2.45) is 17.6 Å². The third kappa shape index (κ3) is 8.97. The molecule has 0 bridgehead atoms. The lowest BCUT2D eigenvalue weighted by Gasteiger charge is -2.24. The van der Waals surface area contributed by atoms with Crippen LogP contribution < -0.4 is 5.73 Å². The maximum absolute atomic E-state index is 11.7. The molecule has 0 aliphatic rings. The molecular weight excluding hydrogens is 357 g/mol. The van der Waals surface area contributed by atoms with Crippen LogP contribution in [0.25, 0.3) is 0 Å². The average Bonchev–Trinajstić information content (AvgIpc) is 2.49. The van der Waals surface area contributed by atoms with E-state index in [4.69, 9.17) is 25.0 Å². The summed E-state index contributed by atoms with van der Waals surface area (Å²) < 4.78 is 25.4. The smallest absolute Gasteiger partial charge is 0.433 e. The van der Waals surface area contributed by atoms with Gasteiger partial charge in [0.1, 0.15) is 12.6 Å². The van der Waals surface area contributed by atoms with Crippen LogP contribution in [0.15, 0.2) is 0 Å². The van der Waals surface area contributed by atoms with Crippen molar-refractivity contribution in [3.63, 3.8) is 0 Å². The third-order valence-corrected chi connectivity index (χ3v) is 3.68. The standard InChI is InChI=1S/C14H26NO9P/c1-5-6-10(16)23-13(24-14(18)25(19,20)21)9(4)7-22-12(17)11(15)8(2)3/h8-9,11,13H,5-7,15H2,1-4H3,(H2,19,20,21)/t9?,11-,13?/m0/s1. The molecule has 0 amide bonds. The average molecular weight is 383 g/mol. The van der Waals surface area contributed by atoms with Crippen LogP contribution in [0.2, 0.25) is 0 Å². The highest BCUT2D eigenvalue weighted by Crippen LogP contribution is 2.38. The molecule has 0 radical (unpaired) electrons. The maximum Gasteiger partial charge on any atom is 0.433 e. The highest BCUT2D eigenvalue weighted by Gasteiger charge is 2.35. The number of ether oxygens (including phenoxy) is 3. The summed E-state index contributed by atoms with van der Waals surface area (Å²) in [7, 11) is -5.16. The van der Waals surface area contributed by atoms with E-state index in [0.29, 0.717) is 6.42 Å². The first-order valence-electron chi connectivity index (χ1n) is 7.78. The topological polar surface area (TPSA) is 162 Å². The van der Waals surface area contributed by atoms with E-state index in [0.717, 1.165) is 0 Å². The maximum atomic E-state index is 11.7. The van der Waals surface area contributed by atoms with Gasteiger partial charge in [-0.05, 0) is 12.3 Å². The summed E-state index contributed by atoms with van der Waals surface area (Å²) in [4.78, 5) is 52.3. The van der Waals surface area contributed by atoms with Crippen molar-refractivity contribution < 1.29 is 42.9 Å². The molecule has 4 N–H and O–H groups in total. The molecule has 146 valence electrons. The highest BCUT2D eigenvalue weighted by molar-refractivity contribution is 7.69. The Morgan fingerprint density at radius 3 is 2.12 bits per heavy atom. The van der Waals surface area contributed by atoms with Crippen LogP contribution in [0, 0.1) is 11.8 Å². The van der Waals surface area contributed by atoms with E-state index >= 15 is 0 Å². The van der Waals surface area contributed by atoms with Gasteiger partial charge in [0.2, 0.25) is 0 Å². The number of hydrogen-bond donors (Lipinski definition) is 3. The second kappa shape index (κ2) is 10.5. The quantitative estimate of drug-likeness (QED) is 0.283. The minimum Gasteiger partial charge on any atom is -0.464 e. The zero-order chi connectivity index (χ0) is 19.8. The zero-order valence-corrected chi connectivity index (χ0v) is 15.6. The number of esters is 2. The van der Waals surface area contributed by atoms with Crippen molar-refractivity contribution in [2.75, 3.05) is 6.61 Å². The summed E-state index contributed by atoms with van der Waals surface area (Å²) in [6, 6.07) is -0.856. The van der Waals surface area contributed by atoms with Crippen LogP contribution in [-0.4, -0.2) is 46.4 Å². The molecule has 25 heavy (non-hydrogen) atoms. The normalized spacial score (nSPS) is 15.2. The van der Waals surface area contributed by atoms with E-state index in [1.807, 2.05) is 0 Å². The van der Waals surface area contributed by atoms with Gasteiger partial charge < -0.3 is 29.7 Å². The molecule has 11 heteroatoms. The van der Waals surface area contributed by atoms with E-state index < -0.39 is 43.5 Å². The van der Waals surface area contributed by atoms with Crippen LogP contribution in [0.3, 0.4) is 0 Å². The van der Waals surface area contributed by atoms with Gasteiger partial charge in [0.25, 0.3) is 6.29 Å². The van der Waals surface area contributed by atoms with Crippen molar-refractivity contribution in [3.05, 3.63) is 0 Å². The second-order valence-corrected chi connectivity index (χ2v) is 7.37. The van der Waals surface area contributed by atoms with Gasteiger partial charge in [0.05, 0.1) is 5.92 Å². The number of hydrogen-bond acceptors (Lipinski definition) is 8. The van der Waals surface area contributed by atoms with E-state index in [9.17, 15) is 18.9 Å². The summed E-state index contributed by atoms with van der Waals surface area (Å²) in [6.07, 6.45) is -1.12. The largest absolute Gasteiger partial charge is 0.464 e. The Morgan fingerprint density at radius 1 is 1.12 bits per heavy atom. The fourth-order valence-electron chi connectivity index (χ4n) is 1.48. The second-order valence-electron chi connectivity index (χ2n) is 5.91. The van der Waals surface area contributed by atoms with Gasteiger partial charge in [-0.25, -0.2) is 9.36 Å². The molecule has 0 saturated heterocycles. The van der Waals surface area contributed by atoms with E-state index in [1.54, 1.807) is 20.8 Å². The van der Waals surface area contributed by atoms with Gasteiger partial charge in [-0.15, -0.1) is 0 Å². The minimum absolute atomic E-state index is 0.0225.